The fourth-order valence-electron chi connectivity index (χ4n) is 2.80. The van der Waals surface area contributed by atoms with Gasteiger partial charge in [-0.25, -0.2) is 0 Å². The number of hydrogen-bond acceptors (Lipinski definition) is 2. The van der Waals surface area contributed by atoms with E-state index in [0.29, 0.717) is 5.92 Å². The average Bonchev–Trinajstić information content (AvgIpc) is 1.98. The normalized spacial score (nSPS) is 32.3. The second kappa shape index (κ2) is 4.67. The molecule has 0 spiro atoms. The van der Waals surface area contributed by atoms with E-state index in [1.807, 2.05) is 13.0 Å². The maximum atomic E-state index is 9.68. The van der Waals surface area contributed by atoms with Crippen molar-refractivity contribution < 1.29 is 10.2 Å². The minimum atomic E-state index is -0.289. The molecule has 2 N–H and O–H groups in total. The number of aliphatic hydroxyl groups excluding tert-OH is 2. The van der Waals surface area contributed by atoms with Gasteiger partial charge < -0.3 is 10.2 Å². The maximum Gasteiger partial charge on any atom is 0.0728 e. The largest absolute Gasteiger partial charge is 0.393 e. The summed E-state index contributed by atoms with van der Waals surface area (Å²) in [5.41, 5.74) is 1.42. The van der Waals surface area contributed by atoms with E-state index in [-0.39, 0.29) is 17.6 Å². The van der Waals surface area contributed by atoms with E-state index in [9.17, 15) is 10.2 Å². The molecule has 1 rings (SSSR count). The molecule has 0 saturated carbocycles. The van der Waals surface area contributed by atoms with Crippen LogP contribution in [0, 0.1) is 11.3 Å². The molecular formula is C13H24O2. The van der Waals surface area contributed by atoms with Gasteiger partial charge in [0.1, 0.15) is 0 Å². The molecule has 0 fully saturated rings. The SMILES string of the molecule is CC1=C[C@H](O)CC(C)(C)[C@H]1CC[C@H](C)O. The predicted molar refractivity (Wildman–Crippen MR) is 62.6 cm³/mol. The van der Waals surface area contributed by atoms with Crippen LogP contribution in [0.3, 0.4) is 0 Å². The van der Waals surface area contributed by atoms with E-state index in [2.05, 4.69) is 20.8 Å². The van der Waals surface area contributed by atoms with Gasteiger partial charge in [0.25, 0.3) is 0 Å². The zero-order chi connectivity index (χ0) is 11.6. The van der Waals surface area contributed by atoms with Crippen molar-refractivity contribution in [1.82, 2.24) is 0 Å². The van der Waals surface area contributed by atoms with Crippen molar-refractivity contribution in [2.24, 2.45) is 11.3 Å². The van der Waals surface area contributed by atoms with Crippen molar-refractivity contribution in [3.05, 3.63) is 11.6 Å². The van der Waals surface area contributed by atoms with Gasteiger partial charge in [0.2, 0.25) is 0 Å². The van der Waals surface area contributed by atoms with Crippen molar-refractivity contribution in [1.29, 1.82) is 0 Å². The van der Waals surface area contributed by atoms with Crippen LogP contribution in [0.1, 0.15) is 47.0 Å². The highest BCUT2D eigenvalue weighted by atomic mass is 16.3. The first-order valence-corrected chi connectivity index (χ1v) is 5.87. The van der Waals surface area contributed by atoms with E-state index < -0.39 is 0 Å². The van der Waals surface area contributed by atoms with Crippen LogP contribution in [0.15, 0.2) is 11.6 Å². The minimum Gasteiger partial charge on any atom is -0.393 e. The molecule has 0 aromatic heterocycles. The monoisotopic (exact) mass is 212 g/mol. The van der Waals surface area contributed by atoms with Gasteiger partial charge in [-0.3, -0.25) is 0 Å². The molecule has 0 bridgehead atoms. The molecule has 0 saturated heterocycles. The summed E-state index contributed by atoms with van der Waals surface area (Å²) in [6.45, 7) is 8.35. The molecule has 0 heterocycles. The first kappa shape index (κ1) is 12.7. The Bertz CT molecular complexity index is 241. The van der Waals surface area contributed by atoms with Crippen molar-refractivity contribution in [2.45, 2.75) is 59.2 Å². The maximum absolute atomic E-state index is 9.68. The Kier molecular flexibility index (Phi) is 3.96. The summed E-state index contributed by atoms with van der Waals surface area (Å²) in [6.07, 6.45) is 4.14. The highest BCUT2D eigenvalue weighted by Crippen LogP contribution is 2.43. The molecule has 0 aromatic carbocycles. The van der Waals surface area contributed by atoms with E-state index in [1.165, 1.54) is 5.57 Å². The minimum absolute atomic E-state index is 0.146. The zero-order valence-electron chi connectivity index (χ0n) is 10.3. The van der Waals surface area contributed by atoms with Crippen LogP contribution >= 0.6 is 0 Å². The molecule has 2 heteroatoms. The highest BCUT2D eigenvalue weighted by molar-refractivity contribution is 5.15. The van der Waals surface area contributed by atoms with Crippen LogP contribution in [-0.4, -0.2) is 22.4 Å². The second-order valence-corrected chi connectivity index (χ2v) is 5.65. The lowest BCUT2D eigenvalue weighted by atomic mass is 9.66. The van der Waals surface area contributed by atoms with E-state index in [0.717, 1.165) is 19.3 Å². The molecule has 15 heavy (non-hydrogen) atoms. The third-order valence-electron chi connectivity index (χ3n) is 3.56. The van der Waals surface area contributed by atoms with Crippen LogP contribution in [0.5, 0.6) is 0 Å². The standard InChI is InChI=1S/C13H24O2/c1-9-7-11(15)8-13(3,4)12(9)6-5-10(2)14/h7,10-12,14-15H,5-6,8H2,1-4H3/t10-,11-,12-/m0/s1. The highest BCUT2D eigenvalue weighted by Gasteiger charge is 2.35. The molecule has 0 aromatic rings. The third-order valence-corrected chi connectivity index (χ3v) is 3.56. The number of aliphatic hydroxyl groups is 2. The Morgan fingerprint density at radius 3 is 2.60 bits per heavy atom. The zero-order valence-corrected chi connectivity index (χ0v) is 10.3. The predicted octanol–water partition coefficient (Wildman–Crippen LogP) is 2.50. The summed E-state index contributed by atoms with van der Waals surface area (Å²) in [4.78, 5) is 0. The molecule has 0 radical (unpaired) electrons. The summed E-state index contributed by atoms with van der Waals surface area (Å²) in [7, 11) is 0. The van der Waals surface area contributed by atoms with Crippen molar-refractivity contribution in [3.8, 4) is 0 Å². The van der Waals surface area contributed by atoms with Crippen molar-refractivity contribution in [3.63, 3.8) is 0 Å². The van der Waals surface area contributed by atoms with E-state index in [1.54, 1.807) is 0 Å². The smallest absolute Gasteiger partial charge is 0.0728 e. The Balaban J connectivity index is 2.71. The summed E-state index contributed by atoms with van der Waals surface area (Å²) in [5.74, 6) is 0.496. The molecule has 3 atom stereocenters. The van der Waals surface area contributed by atoms with Gasteiger partial charge in [-0.05, 0) is 44.4 Å². The number of hydrogen-bond donors (Lipinski definition) is 2. The quantitative estimate of drug-likeness (QED) is 0.706. The van der Waals surface area contributed by atoms with Gasteiger partial charge in [-0.15, -0.1) is 0 Å². The second-order valence-electron chi connectivity index (χ2n) is 5.65. The molecule has 2 nitrogen and oxygen atoms in total. The van der Waals surface area contributed by atoms with Gasteiger partial charge >= 0.3 is 0 Å². The summed E-state index contributed by atoms with van der Waals surface area (Å²) in [5, 5.41) is 19.0. The molecule has 88 valence electrons. The van der Waals surface area contributed by atoms with Gasteiger partial charge in [0.15, 0.2) is 0 Å². The Labute approximate surface area is 93.0 Å². The average molecular weight is 212 g/mol. The van der Waals surface area contributed by atoms with E-state index >= 15 is 0 Å². The third kappa shape index (κ3) is 3.32. The molecule has 0 aliphatic heterocycles. The summed E-state index contributed by atoms with van der Waals surface area (Å²) < 4.78 is 0. The molecule has 0 unspecified atom stereocenters. The lowest BCUT2D eigenvalue weighted by molar-refractivity contribution is 0.0878. The van der Waals surface area contributed by atoms with Gasteiger partial charge in [-0.1, -0.05) is 25.5 Å². The first-order valence-electron chi connectivity index (χ1n) is 5.87. The fraction of sp³-hybridized carbons (Fsp3) is 0.846. The molecule has 1 aliphatic carbocycles. The lowest BCUT2D eigenvalue weighted by Crippen LogP contribution is -2.34. The Morgan fingerprint density at radius 1 is 1.53 bits per heavy atom. The number of rotatable bonds is 3. The topological polar surface area (TPSA) is 40.5 Å². The number of allylic oxidation sites excluding steroid dienone is 1. The van der Waals surface area contributed by atoms with Gasteiger partial charge in [0.05, 0.1) is 12.2 Å². The van der Waals surface area contributed by atoms with Crippen LogP contribution in [-0.2, 0) is 0 Å². The van der Waals surface area contributed by atoms with Gasteiger partial charge in [-0.2, -0.15) is 0 Å². The molecule has 0 amide bonds. The van der Waals surface area contributed by atoms with Crippen molar-refractivity contribution >= 4 is 0 Å². The van der Waals surface area contributed by atoms with Crippen molar-refractivity contribution in [2.75, 3.05) is 0 Å². The lowest BCUT2D eigenvalue weighted by Gasteiger charge is -2.40. The van der Waals surface area contributed by atoms with Crippen LogP contribution in [0.2, 0.25) is 0 Å². The summed E-state index contributed by atoms with van der Waals surface area (Å²) >= 11 is 0. The van der Waals surface area contributed by atoms with E-state index in [4.69, 9.17) is 0 Å². The van der Waals surface area contributed by atoms with Gasteiger partial charge in [0, 0.05) is 0 Å². The fourth-order valence-corrected chi connectivity index (χ4v) is 2.80. The molecular weight excluding hydrogens is 188 g/mol. The first-order chi connectivity index (χ1) is 6.83. The van der Waals surface area contributed by atoms with Crippen LogP contribution in [0.4, 0.5) is 0 Å². The Morgan fingerprint density at radius 2 is 2.13 bits per heavy atom. The van der Waals surface area contributed by atoms with Crippen LogP contribution in [0.25, 0.3) is 0 Å². The summed E-state index contributed by atoms with van der Waals surface area (Å²) in [6, 6.07) is 0. The Hall–Kier alpha value is -0.340. The molecule has 1 aliphatic rings. The van der Waals surface area contributed by atoms with Crippen LogP contribution < -0.4 is 0 Å².